The Balaban J connectivity index is 2.16. The van der Waals surface area contributed by atoms with Crippen LogP contribution in [0.4, 0.5) is 5.95 Å². The number of nitrogens with two attached hydrogens (primary N) is 1. The number of nitrogens with zero attached hydrogens (tertiary/aromatic N) is 3. The maximum Gasteiger partial charge on any atom is 0.295 e. The summed E-state index contributed by atoms with van der Waals surface area (Å²) in [4.78, 5) is 11.4. The van der Waals surface area contributed by atoms with Crippen LogP contribution in [0.2, 0.25) is 0 Å². The molecule has 0 aliphatic heterocycles. The van der Waals surface area contributed by atoms with Gasteiger partial charge in [0.25, 0.3) is 5.56 Å². The standard InChI is InChI=1S/C9H11N5O2/c1-6-8(15)14(10)9(13-12-6)11-5-7-3-2-4-16-7/h2-4H,5,10H2,1H3,(H,11,13). The topological polar surface area (TPSA) is 99.0 Å². The molecule has 7 nitrogen and oxygen atoms in total. The first-order valence-corrected chi connectivity index (χ1v) is 4.66. The Kier molecular flexibility index (Phi) is 2.59. The van der Waals surface area contributed by atoms with Crippen LogP contribution in [0.5, 0.6) is 0 Å². The minimum atomic E-state index is -0.378. The summed E-state index contributed by atoms with van der Waals surface area (Å²) in [5, 5.41) is 10.3. The number of aryl methyl sites for hydroxylation is 1. The molecule has 2 heterocycles. The number of hydrogen-bond acceptors (Lipinski definition) is 6. The van der Waals surface area contributed by atoms with Crippen molar-refractivity contribution in [3.8, 4) is 0 Å². The monoisotopic (exact) mass is 221 g/mol. The van der Waals surface area contributed by atoms with Gasteiger partial charge >= 0.3 is 0 Å². The number of hydrogen-bond donors (Lipinski definition) is 2. The van der Waals surface area contributed by atoms with Crippen molar-refractivity contribution in [2.45, 2.75) is 13.5 Å². The summed E-state index contributed by atoms with van der Waals surface area (Å²) in [6.07, 6.45) is 1.56. The van der Waals surface area contributed by atoms with Gasteiger partial charge in [0.1, 0.15) is 11.5 Å². The molecule has 2 rings (SSSR count). The Morgan fingerprint density at radius 3 is 3.06 bits per heavy atom. The third kappa shape index (κ3) is 1.88. The lowest BCUT2D eigenvalue weighted by atomic mass is 10.4. The normalized spacial score (nSPS) is 10.3. The van der Waals surface area contributed by atoms with E-state index in [9.17, 15) is 4.79 Å². The third-order valence-electron chi connectivity index (χ3n) is 2.05. The number of aromatic nitrogens is 3. The van der Waals surface area contributed by atoms with Crippen molar-refractivity contribution in [1.29, 1.82) is 0 Å². The zero-order chi connectivity index (χ0) is 11.5. The van der Waals surface area contributed by atoms with E-state index in [-0.39, 0.29) is 17.2 Å². The van der Waals surface area contributed by atoms with Crippen LogP contribution in [0.25, 0.3) is 0 Å². The Labute approximate surface area is 90.9 Å². The van der Waals surface area contributed by atoms with Crippen molar-refractivity contribution in [3.63, 3.8) is 0 Å². The molecule has 0 aliphatic rings. The average molecular weight is 221 g/mol. The Morgan fingerprint density at radius 1 is 1.56 bits per heavy atom. The molecule has 3 N–H and O–H groups in total. The molecule has 0 saturated carbocycles. The van der Waals surface area contributed by atoms with Gasteiger partial charge in [0.2, 0.25) is 5.95 Å². The SMILES string of the molecule is Cc1nnc(NCc2ccco2)n(N)c1=O. The number of nitrogens with one attached hydrogen (secondary N) is 1. The first kappa shape index (κ1) is 10.2. The molecule has 0 bridgehead atoms. The van der Waals surface area contributed by atoms with Gasteiger partial charge < -0.3 is 15.6 Å². The van der Waals surface area contributed by atoms with E-state index in [1.165, 1.54) is 0 Å². The van der Waals surface area contributed by atoms with Crippen molar-refractivity contribution in [2.75, 3.05) is 11.2 Å². The van der Waals surface area contributed by atoms with Crippen molar-refractivity contribution in [2.24, 2.45) is 0 Å². The van der Waals surface area contributed by atoms with Gasteiger partial charge in [-0.3, -0.25) is 4.79 Å². The zero-order valence-electron chi connectivity index (χ0n) is 8.67. The van der Waals surface area contributed by atoms with E-state index < -0.39 is 0 Å². The molecular formula is C9H11N5O2. The van der Waals surface area contributed by atoms with E-state index in [2.05, 4.69) is 15.5 Å². The number of rotatable bonds is 3. The molecule has 2 aromatic heterocycles. The minimum Gasteiger partial charge on any atom is -0.467 e. The molecule has 84 valence electrons. The second-order valence-corrected chi connectivity index (χ2v) is 3.22. The summed E-state index contributed by atoms with van der Waals surface area (Å²) < 4.78 is 6.03. The van der Waals surface area contributed by atoms with Crippen LogP contribution < -0.4 is 16.7 Å². The predicted octanol–water partition coefficient (Wildman–Crippen LogP) is -0.134. The third-order valence-corrected chi connectivity index (χ3v) is 2.05. The van der Waals surface area contributed by atoms with Gasteiger partial charge in [-0.2, -0.15) is 4.68 Å². The van der Waals surface area contributed by atoms with Gasteiger partial charge in [-0.25, -0.2) is 0 Å². The molecule has 0 spiro atoms. The molecule has 0 fully saturated rings. The van der Waals surface area contributed by atoms with Crippen LogP contribution in [0.15, 0.2) is 27.6 Å². The fourth-order valence-electron chi connectivity index (χ4n) is 1.18. The molecule has 0 unspecified atom stereocenters. The highest BCUT2D eigenvalue weighted by molar-refractivity contribution is 5.25. The zero-order valence-corrected chi connectivity index (χ0v) is 8.67. The molecule has 7 heteroatoms. The molecule has 0 atom stereocenters. The summed E-state index contributed by atoms with van der Waals surface area (Å²) >= 11 is 0. The van der Waals surface area contributed by atoms with E-state index in [1.54, 1.807) is 25.3 Å². The predicted molar refractivity (Wildman–Crippen MR) is 57.2 cm³/mol. The van der Waals surface area contributed by atoms with Crippen molar-refractivity contribution >= 4 is 5.95 Å². The highest BCUT2D eigenvalue weighted by atomic mass is 16.3. The van der Waals surface area contributed by atoms with Crippen molar-refractivity contribution < 1.29 is 4.42 Å². The lowest BCUT2D eigenvalue weighted by Gasteiger charge is -2.07. The smallest absolute Gasteiger partial charge is 0.295 e. The van der Waals surface area contributed by atoms with E-state index in [1.807, 2.05) is 0 Å². The fraction of sp³-hybridized carbons (Fsp3) is 0.222. The van der Waals surface area contributed by atoms with E-state index in [4.69, 9.17) is 10.3 Å². The molecule has 0 aromatic carbocycles. The maximum atomic E-state index is 11.4. The Bertz CT molecular complexity index is 531. The van der Waals surface area contributed by atoms with Crippen LogP contribution in [-0.2, 0) is 6.54 Å². The van der Waals surface area contributed by atoms with Crippen molar-refractivity contribution in [3.05, 3.63) is 40.2 Å². The molecule has 0 aliphatic carbocycles. The Morgan fingerprint density at radius 2 is 2.38 bits per heavy atom. The van der Waals surface area contributed by atoms with E-state index in [0.717, 1.165) is 10.4 Å². The summed E-state index contributed by atoms with van der Waals surface area (Å²) in [7, 11) is 0. The summed E-state index contributed by atoms with van der Waals surface area (Å²) in [6.45, 7) is 1.94. The van der Waals surface area contributed by atoms with Gasteiger partial charge in [0.15, 0.2) is 0 Å². The molecule has 0 amide bonds. The van der Waals surface area contributed by atoms with Crippen LogP contribution >= 0.6 is 0 Å². The summed E-state index contributed by atoms with van der Waals surface area (Å²) in [5.74, 6) is 6.45. The largest absolute Gasteiger partial charge is 0.467 e. The van der Waals surface area contributed by atoms with Crippen LogP contribution in [-0.4, -0.2) is 14.9 Å². The maximum absolute atomic E-state index is 11.4. The number of furan rings is 1. The second kappa shape index (κ2) is 4.05. The second-order valence-electron chi connectivity index (χ2n) is 3.22. The van der Waals surface area contributed by atoms with Gasteiger partial charge in [0, 0.05) is 0 Å². The highest BCUT2D eigenvalue weighted by Crippen LogP contribution is 2.03. The van der Waals surface area contributed by atoms with Crippen LogP contribution in [0, 0.1) is 6.92 Å². The van der Waals surface area contributed by atoms with Crippen LogP contribution in [0.1, 0.15) is 11.5 Å². The van der Waals surface area contributed by atoms with Gasteiger partial charge in [-0.05, 0) is 19.1 Å². The first-order chi connectivity index (χ1) is 7.68. The summed E-state index contributed by atoms with van der Waals surface area (Å²) in [6, 6.07) is 3.57. The van der Waals surface area contributed by atoms with E-state index in [0.29, 0.717) is 6.54 Å². The van der Waals surface area contributed by atoms with Gasteiger partial charge in [-0.1, -0.05) is 0 Å². The quantitative estimate of drug-likeness (QED) is 0.700. The molecule has 0 radical (unpaired) electrons. The van der Waals surface area contributed by atoms with Crippen LogP contribution in [0.3, 0.4) is 0 Å². The molecule has 0 saturated heterocycles. The highest BCUT2D eigenvalue weighted by Gasteiger charge is 2.06. The fourth-order valence-corrected chi connectivity index (χ4v) is 1.18. The molecule has 16 heavy (non-hydrogen) atoms. The first-order valence-electron chi connectivity index (χ1n) is 4.66. The van der Waals surface area contributed by atoms with Crippen molar-refractivity contribution in [1.82, 2.24) is 14.9 Å². The minimum absolute atomic E-state index is 0.201. The lowest BCUT2D eigenvalue weighted by Crippen LogP contribution is -2.33. The molecular weight excluding hydrogens is 210 g/mol. The van der Waals surface area contributed by atoms with Gasteiger partial charge in [0.05, 0.1) is 12.8 Å². The van der Waals surface area contributed by atoms with Gasteiger partial charge in [-0.15, -0.1) is 10.2 Å². The molecule has 2 aromatic rings. The van der Waals surface area contributed by atoms with E-state index >= 15 is 0 Å². The lowest BCUT2D eigenvalue weighted by molar-refractivity contribution is 0.516. The summed E-state index contributed by atoms with van der Waals surface area (Å²) in [5.41, 5.74) is -0.122. The Hall–Kier alpha value is -2.31. The number of anilines is 1. The number of nitrogen functional groups attached to an aromatic ring is 1. The average Bonchev–Trinajstić information content (AvgIpc) is 2.78.